The number of thioether (sulfide) groups is 1. The van der Waals surface area contributed by atoms with Gasteiger partial charge in [0.05, 0.1) is 0 Å². The predicted molar refractivity (Wildman–Crippen MR) is 72.9 cm³/mol. The molecule has 1 rings (SSSR count). The maximum absolute atomic E-state index is 12.0. The molecule has 0 aliphatic carbocycles. The van der Waals surface area contributed by atoms with E-state index in [1.165, 1.54) is 0 Å². The van der Waals surface area contributed by atoms with Gasteiger partial charge in [-0.15, -0.1) is 0 Å². The number of carboxylic acids is 1. The zero-order valence-corrected chi connectivity index (χ0v) is 12.2. The Morgan fingerprint density at radius 3 is 2.44 bits per heavy atom. The maximum atomic E-state index is 12.0. The van der Waals surface area contributed by atoms with E-state index in [1.54, 1.807) is 18.7 Å². The van der Waals surface area contributed by atoms with Gasteiger partial charge in [0, 0.05) is 23.6 Å². The summed E-state index contributed by atoms with van der Waals surface area (Å²) in [5.41, 5.74) is 0. The summed E-state index contributed by atoms with van der Waals surface area (Å²) < 4.78 is 0.0339. The number of hydrogen-bond acceptors (Lipinski definition) is 3. The molecule has 1 aliphatic rings. The first-order valence-electron chi connectivity index (χ1n) is 6.15. The van der Waals surface area contributed by atoms with E-state index in [2.05, 4.69) is 19.2 Å². The second-order valence-corrected chi connectivity index (χ2v) is 7.34. The Labute approximate surface area is 112 Å². The summed E-state index contributed by atoms with van der Waals surface area (Å²) in [6.07, 6.45) is 0. The Balaban J connectivity index is 2.61. The van der Waals surface area contributed by atoms with Crippen LogP contribution in [0.1, 0.15) is 27.7 Å². The molecule has 0 aromatic carbocycles. The van der Waals surface area contributed by atoms with Gasteiger partial charge in [-0.1, -0.05) is 13.8 Å². The number of carbonyl (C=O) groups is 2. The molecule has 2 amide bonds. The van der Waals surface area contributed by atoms with E-state index in [0.717, 1.165) is 5.75 Å². The molecular formula is C12H22N2O3S. The Hall–Kier alpha value is -0.910. The zero-order chi connectivity index (χ0) is 13.9. The molecule has 18 heavy (non-hydrogen) atoms. The second kappa shape index (κ2) is 5.82. The summed E-state index contributed by atoms with van der Waals surface area (Å²) in [7, 11) is 0. The van der Waals surface area contributed by atoms with Crippen LogP contribution in [0.3, 0.4) is 0 Å². The molecule has 0 spiro atoms. The van der Waals surface area contributed by atoms with Gasteiger partial charge in [0.25, 0.3) is 0 Å². The zero-order valence-electron chi connectivity index (χ0n) is 11.4. The molecule has 1 unspecified atom stereocenters. The van der Waals surface area contributed by atoms with Crippen molar-refractivity contribution in [3.8, 4) is 0 Å². The highest BCUT2D eigenvalue weighted by atomic mass is 32.2. The van der Waals surface area contributed by atoms with Crippen LogP contribution < -0.4 is 5.32 Å². The Morgan fingerprint density at radius 1 is 1.39 bits per heavy atom. The number of rotatable bonds is 3. The molecule has 6 heteroatoms. The van der Waals surface area contributed by atoms with Gasteiger partial charge in [-0.3, -0.25) is 0 Å². The van der Waals surface area contributed by atoms with Crippen LogP contribution in [0, 0.1) is 5.92 Å². The van der Waals surface area contributed by atoms with Crippen molar-refractivity contribution in [2.24, 2.45) is 5.92 Å². The summed E-state index contributed by atoms with van der Waals surface area (Å²) in [4.78, 5) is 24.8. The summed E-state index contributed by atoms with van der Waals surface area (Å²) in [6, 6.07) is -1.10. The van der Waals surface area contributed by atoms with Crippen LogP contribution in [-0.2, 0) is 4.79 Å². The molecule has 1 atom stereocenters. The van der Waals surface area contributed by atoms with E-state index < -0.39 is 12.0 Å². The maximum Gasteiger partial charge on any atom is 0.326 e. The van der Waals surface area contributed by atoms with E-state index in [1.807, 2.05) is 11.8 Å². The third kappa shape index (κ3) is 4.08. The molecule has 104 valence electrons. The summed E-state index contributed by atoms with van der Waals surface area (Å²) >= 11 is 1.84. The lowest BCUT2D eigenvalue weighted by Crippen LogP contribution is -2.54. The number of hydrogen-bond donors (Lipinski definition) is 2. The van der Waals surface area contributed by atoms with E-state index in [-0.39, 0.29) is 16.7 Å². The fraction of sp³-hybridized carbons (Fsp3) is 0.833. The standard InChI is InChI=1S/C12H22N2O3S/c1-8(2)9(10(15)16)13-11(17)14-5-6-18-12(3,4)7-14/h8-9H,5-7H2,1-4H3,(H,13,17)(H,15,16). The van der Waals surface area contributed by atoms with Crippen molar-refractivity contribution in [1.29, 1.82) is 0 Å². The first-order chi connectivity index (χ1) is 8.23. The average Bonchev–Trinajstić information content (AvgIpc) is 2.23. The number of carboxylic acid groups (broad SMARTS) is 1. The van der Waals surface area contributed by atoms with Gasteiger partial charge in [0.2, 0.25) is 0 Å². The van der Waals surface area contributed by atoms with Crippen molar-refractivity contribution in [3.05, 3.63) is 0 Å². The highest BCUT2D eigenvalue weighted by Gasteiger charge is 2.32. The molecule has 5 nitrogen and oxygen atoms in total. The van der Waals surface area contributed by atoms with Crippen molar-refractivity contribution in [3.63, 3.8) is 0 Å². The highest BCUT2D eigenvalue weighted by Crippen LogP contribution is 2.29. The van der Waals surface area contributed by atoms with Crippen LogP contribution in [0.25, 0.3) is 0 Å². The van der Waals surface area contributed by atoms with E-state index in [0.29, 0.717) is 13.1 Å². The lowest BCUT2D eigenvalue weighted by atomic mass is 10.1. The minimum atomic E-state index is -0.982. The van der Waals surface area contributed by atoms with Gasteiger partial charge < -0.3 is 15.3 Å². The molecule has 0 bridgehead atoms. The highest BCUT2D eigenvalue weighted by molar-refractivity contribution is 8.00. The predicted octanol–water partition coefficient (Wildman–Crippen LogP) is 1.63. The van der Waals surface area contributed by atoms with Gasteiger partial charge in [-0.2, -0.15) is 11.8 Å². The van der Waals surface area contributed by atoms with Crippen LogP contribution in [0.15, 0.2) is 0 Å². The first-order valence-corrected chi connectivity index (χ1v) is 7.14. The normalized spacial score (nSPS) is 20.6. The minimum absolute atomic E-state index is 0.0339. The van der Waals surface area contributed by atoms with Crippen molar-refractivity contribution in [2.75, 3.05) is 18.8 Å². The number of nitrogens with one attached hydrogen (secondary N) is 1. The van der Waals surface area contributed by atoms with Crippen molar-refractivity contribution < 1.29 is 14.7 Å². The van der Waals surface area contributed by atoms with Gasteiger partial charge >= 0.3 is 12.0 Å². The number of aliphatic carboxylic acids is 1. The van der Waals surface area contributed by atoms with Crippen molar-refractivity contribution in [2.45, 2.75) is 38.5 Å². The Kier molecular flexibility index (Phi) is 4.90. The van der Waals surface area contributed by atoms with Crippen LogP contribution in [-0.4, -0.2) is 51.6 Å². The molecule has 1 heterocycles. The summed E-state index contributed by atoms with van der Waals surface area (Å²) in [5.74, 6) is -0.220. The monoisotopic (exact) mass is 274 g/mol. The summed E-state index contributed by atoms with van der Waals surface area (Å²) in [5, 5.41) is 11.7. The van der Waals surface area contributed by atoms with E-state index in [4.69, 9.17) is 5.11 Å². The second-order valence-electron chi connectivity index (χ2n) is 5.54. The number of amides is 2. The number of nitrogens with zero attached hydrogens (tertiary/aromatic N) is 1. The van der Waals surface area contributed by atoms with Crippen molar-refractivity contribution in [1.82, 2.24) is 10.2 Å². The largest absolute Gasteiger partial charge is 0.480 e. The smallest absolute Gasteiger partial charge is 0.326 e. The first kappa shape index (κ1) is 15.1. The SMILES string of the molecule is CC(C)C(NC(=O)N1CCSC(C)(C)C1)C(=O)O. The van der Waals surface area contributed by atoms with Crippen LogP contribution in [0.4, 0.5) is 4.79 Å². The lowest BCUT2D eigenvalue weighted by Gasteiger charge is -2.38. The van der Waals surface area contributed by atoms with Crippen LogP contribution in [0.2, 0.25) is 0 Å². The molecular weight excluding hydrogens is 252 g/mol. The van der Waals surface area contributed by atoms with Gasteiger partial charge in [0.1, 0.15) is 6.04 Å². The van der Waals surface area contributed by atoms with E-state index in [9.17, 15) is 9.59 Å². The third-order valence-electron chi connectivity index (χ3n) is 2.92. The fourth-order valence-electron chi connectivity index (χ4n) is 1.93. The minimum Gasteiger partial charge on any atom is -0.480 e. The molecule has 1 saturated heterocycles. The average molecular weight is 274 g/mol. The molecule has 0 aromatic rings. The van der Waals surface area contributed by atoms with Gasteiger partial charge in [-0.25, -0.2) is 9.59 Å². The van der Waals surface area contributed by atoms with Crippen molar-refractivity contribution >= 4 is 23.8 Å². The lowest BCUT2D eigenvalue weighted by molar-refractivity contribution is -0.140. The molecule has 2 N–H and O–H groups in total. The van der Waals surface area contributed by atoms with Gasteiger partial charge in [-0.05, 0) is 19.8 Å². The summed E-state index contributed by atoms with van der Waals surface area (Å²) in [6.45, 7) is 9.07. The van der Waals surface area contributed by atoms with E-state index >= 15 is 0 Å². The molecule has 0 saturated carbocycles. The Bertz CT molecular complexity index is 331. The number of carbonyl (C=O) groups excluding carboxylic acids is 1. The van der Waals surface area contributed by atoms with Crippen LogP contribution >= 0.6 is 11.8 Å². The topological polar surface area (TPSA) is 69.6 Å². The fourth-order valence-corrected chi connectivity index (χ4v) is 3.04. The number of urea groups is 1. The van der Waals surface area contributed by atoms with Gasteiger partial charge in [0.15, 0.2) is 0 Å². The molecule has 0 aromatic heterocycles. The van der Waals surface area contributed by atoms with Crippen LogP contribution in [0.5, 0.6) is 0 Å². The molecule has 0 radical (unpaired) electrons. The third-order valence-corrected chi connectivity index (χ3v) is 4.22. The quantitative estimate of drug-likeness (QED) is 0.820. The molecule has 1 fully saturated rings. The molecule has 1 aliphatic heterocycles. The Morgan fingerprint density at radius 2 is 2.00 bits per heavy atom.